The molecule has 0 aliphatic heterocycles. The Labute approximate surface area is 112 Å². The number of rotatable bonds is 5. The number of alkyl halides is 2. The number of carbonyl (C=O) groups is 1. The number of para-hydroxylation sites is 1. The summed E-state index contributed by atoms with van der Waals surface area (Å²) < 4.78 is 38.6. The molecule has 0 bridgehead atoms. The predicted octanol–water partition coefficient (Wildman–Crippen LogP) is 2.05. The van der Waals surface area contributed by atoms with Crippen LogP contribution in [0.2, 0.25) is 0 Å². The van der Waals surface area contributed by atoms with Crippen LogP contribution in [0.4, 0.5) is 8.78 Å². The number of halogens is 2. The van der Waals surface area contributed by atoms with Gasteiger partial charge in [-0.3, -0.25) is 4.79 Å². The van der Waals surface area contributed by atoms with E-state index in [2.05, 4.69) is 19.7 Å². The zero-order valence-corrected chi connectivity index (χ0v) is 10.4. The second kappa shape index (κ2) is 6.09. The van der Waals surface area contributed by atoms with Crippen LogP contribution in [-0.4, -0.2) is 29.9 Å². The highest BCUT2D eigenvalue weighted by atomic mass is 19.3. The van der Waals surface area contributed by atoms with Gasteiger partial charge in [-0.1, -0.05) is 12.1 Å². The van der Waals surface area contributed by atoms with Crippen molar-refractivity contribution in [2.45, 2.75) is 13.0 Å². The lowest BCUT2D eigenvalue weighted by atomic mass is 10.2. The summed E-state index contributed by atoms with van der Waals surface area (Å²) in [5.41, 5.74) is 0.219. The fraction of sp³-hybridized carbons (Fsp3) is 0.250. The molecule has 0 unspecified atom stereocenters. The Balaban J connectivity index is 2.25. The Bertz CT molecular complexity index is 601. The molecular formula is C12H10F2N2O4. The zero-order chi connectivity index (χ0) is 14.5. The van der Waals surface area contributed by atoms with Crippen molar-refractivity contribution in [3.63, 3.8) is 0 Å². The summed E-state index contributed by atoms with van der Waals surface area (Å²) in [4.78, 5) is 11.1. The normalized spacial score (nSPS) is 10.6. The van der Waals surface area contributed by atoms with E-state index in [-0.39, 0.29) is 29.5 Å². The molecule has 2 aromatic rings. The molecule has 0 spiro atoms. The second-order valence-corrected chi connectivity index (χ2v) is 3.63. The standard InChI is InChI=1S/C12H10F2N2O4/c1-18-10(17)6-9-15-16-11(20-9)7-4-2-3-5-8(7)19-12(13)14/h2-5,12H,6H2,1H3. The maximum absolute atomic E-state index is 12.3. The van der Waals surface area contributed by atoms with E-state index in [0.29, 0.717) is 0 Å². The number of methoxy groups -OCH3 is 1. The first kappa shape index (κ1) is 13.9. The molecule has 106 valence electrons. The molecule has 1 aromatic carbocycles. The van der Waals surface area contributed by atoms with Crippen molar-refractivity contribution >= 4 is 5.97 Å². The fourth-order valence-corrected chi connectivity index (χ4v) is 1.47. The van der Waals surface area contributed by atoms with Gasteiger partial charge in [0.1, 0.15) is 12.2 Å². The van der Waals surface area contributed by atoms with Crippen molar-refractivity contribution in [1.29, 1.82) is 0 Å². The average Bonchev–Trinajstić information content (AvgIpc) is 2.87. The van der Waals surface area contributed by atoms with Gasteiger partial charge in [0.2, 0.25) is 5.89 Å². The van der Waals surface area contributed by atoms with Gasteiger partial charge in [-0.15, -0.1) is 10.2 Å². The van der Waals surface area contributed by atoms with Crippen LogP contribution in [0.3, 0.4) is 0 Å². The number of esters is 1. The van der Waals surface area contributed by atoms with Crippen molar-refractivity contribution in [2.24, 2.45) is 0 Å². The molecule has 0 aliphatic carbocycles. The van der Waals surface area contributed by atoms with Gasteiger partial charge in [-0.2, -0.15) is 8.78 Å². The quantitative estimate of drug-likeness (QED) is 0.782. The lowest BCUT2D eigenvalue weighted by Gasteiger charge is -2.07. The molecular weight excluding hydrogens is 274 g/mol. The first-order valence-electron chi connectivity index (χ1n) is 5.53. The third kappa shape index (κ3) is 3.28. The fourth-order valence-electron chi connectivity index (χ4n) is 1.47. The maximum atomic E-state index is 12.3. The average molecular weight is 284 g/mol. The molecule has 0 atom stereocenters. The van der Waals surface area contributed by atoms with Gasteiger partial charge >= 0.3 is 12.6 Å². The largest absolute Gasteiger partial charge is 0.469 e. The SMILES string of the molecule is COC(=O)Cc1nnc(-c2ccccc2OC(F)F)o1. The summed E-state index contributed by atoms with van der Waals surface area (Å²) in [5, 5.41) is 7.33. The predicted molar refractivity (Wildman–Crippen MR) is 62.1 cm³/mol. The third-order valence-electron chi connectivity index (χ3n) is 2.32. The number of carbonyl (C=O) groups excluding carboxylic acids is 1. The molecule has 8 heteroatoms. The van der Waals surface area contributed by atoms with Crippen molar-refractivity contribution in [3.8, 4) is 17.2 Å². The van der Waals surface area contributed by atoms with Crippen LogP contribution < -0.4 is 4.74 Å². The monoisotopic (exact) mass is 284 g/mol. The topological polar surface area (TPSA) is 74.5 Å². The highest BCUT2D eigenvalue weighted by Crippen LogP contribution is 2.29. The smallest absolute Gasteiger partial charge is 0.387 e. The summed E-state index contributed by atoms with van der Waals surface area (Å²) in [6, 6.07) is 5.99. The first-order chi connectivity index (χ1) is 9.60. The summed E-state index contributed by atoms with van der Waals surface area (Å²) in [7, 11) is 1.23. The van der Waals surface area contributed by atoms with E-state index < -0.39 is 12.6 Å². The van der Waals surface area contributed by atoms with Gasteiger partial charge in [-0.25, -0.2) is 0 Å². The summed E-state index contributed by atoms with van der Waals surface area (Å²) in [6.45, 7) is -2.96. The van der Waals surface area contributed by atoms with E-state index in [1.807, 2.05) is 0 Å². The molecule has 6 nitrogen and oxygen atoms in total. The van der Waals surface area contributed by atoms with Crippen molar-refractivity contribution < 1.29 is 27.5 Å². The van der Waals surface area contributed by atoms with Gasteiger partial charge in [-0.05, 0) is 12.1 Å². The molecule has 0 N–H and O–H groups in total. The van der Waals surface area contributed by atoms with Gasteiger partial charge in [0.05, 0.1) is 12.7 Å². The van der Waals surface area contributed by atoms with Gasteiger partial charge in [0.25, 0.3) is 5.89 Å². The molecule has 20 heavy (non-hydrogen) atoms. The highest BCUT2D eigenvalue weighted by Gasteiger charge is 2.17. The molecule has 0 saturated carbocycles. The van der Waals surface area contributed by atoms with Crippen molar-refractivity contribution in [1.82, 2.24) is 10.2 Å². The van der Waals surface area contributed by atoms with Gasteiger partial charge < -0.3 is 13.9 Å². The van der Waals surface area contributed by atoms with E-state index in [1.165, 1.54) is 25.3 Å². The Hall–Kier alpha value is -2.51. The molecule has 0 amide bonds. The van der Waals surface area contributed by atoms with E-state index in [1.54, 1.807) is 6.07 Å². The van der Waals surface area contributed by atoms with E-state index in [9.17, 15) is 13.6 Å². The number of hydrogen-bond acceptors (Lipinski definition) is 6. The van der Waals surface area contributed by atoms with Crippen LogP contribution in [0.25, 0.3) is 11.5 Å². The minimum atomic E-state index is -2.96. The summed E-state index contributed by atoms with van der Waals surface area (Å²) in [5.74, 6) is -0.619. The lowest BCUT2D eigenvalue weighted by Crippen LogP contribution is -2.04. The molecule has 2 rings (SSSR count). The highest BCUT2D eigenvalue weighted by molar-refractivity contribution is 5.71. The molecule has 0 fully saturated rings. The van der Waals surface area contributed by atoms with Crippen LogP contribution in [-0.2, 0) is 16.0 Å². The number of hydrogen-bond donors (Lipinski definition) is 0. The number of aromatic nitrogens is 2. The van der Waals surface area contributed by atoms with Crippen LogP contribution in [0, 0.1) is 0 Å². The molecule has 0 saturated heterocycles. The number of nitrogens with zero attached hydrogens (tertiary/aromatic N) is 2. The van der Waals surface area contributed by atoms with E-state index >= 15 is 0 Å². The molecule has 0 aliphatic rings. The number of ether oxygens (including phenoxy) is 2. The van der Waals surface area contributed by atoms with E-state index in [0.717, 1.165) is 0 Å². The second-order valence-electron chi connectivity index (χ2n) is 3.63. The van der Waals surface area contributed by atoms with Gasteiger partial charge in [0, 0.05) is 0 Å². The van der Waals surface area contributed by atoms with Crippen molar-refractivity contribution in [2.75, 3.05) is 7.11 Å². The van der Waals surface area contributed by atoms with Crippen LogP contribution in [0.15, 0.2) is 28.7 Å². The Morgan fingerprint density at radius 1 is 1.35 bits per heavy atom. The molecule has 0 radical (unpaired) electrons. The zero-order valence-electron chi connectivity index (χ0n) is 10.4. The first-order valence-corrected chi connectivity index (χ1v) is 5.53. The summed E-state index contributed by atoms with van der Waals surface area (Å²) in [6.07, 6.45) is -0.193. The minimum absolute atomic E-state index is 0.0137. The molecule has 1 aromatic heterocycles. The van der Waals surface area contributed by atoms with Crippen LogP contribution in [0.1, 0.15) is 5.89 Å². The van der Waals surface area contributed by atoms with Crippen molar-refractivity contribution in [3.05, 3.63) is 30.2 Å². The molecule has 1 heterocycles. The van der Waals surface area contributed by atoms with Crippen LogP contribution in [0.5, 0.6) is 5.75 Å². The number of benzene rings is 1. The van der Waals surface area contributed by atoms with Crippen LogP contribution >= 0.6 is 0 Å². The Morgan fingerprint density at radius 3 is 2.80 bits per heavy atom. The Morgan fingerprint density at radius 2 is 2.10 bits per heavy atom. The Kier molecular flexibility index (Phi) is 4.24. The van der Waals surface area contributed by atoms with Gasteiger partial charge in [0.15, 0.2) is 0 Å². The maximum Gasteiger partial charge on any atom is 0.387 e. The summed E-state index contributed by atoms with van der Waals surface area (Å²) >= 11 is 0. The third-order valence-corrected chi connectivity index (χ3v) is 2.32. The van der Waals surface area contributed by atoms with E-state index in [4.69, 9.17) is 4.42 Å². The lowest BCUT2D eigenvalue weighted by molar-refractivity contribution is -0.140. The minimum Gasteiger partial charge on any atom is -0.469 e.